The van der Waals surface area contributed by atoms with Crippen LogP contribution < -0.4 is 9.41 Å². The zero-order valence-electron chi connectivity index (χ0n) is 15.9. The summed E-state index contributed by atoms with van der Waals surface area (Å²) in [6.45, 7) is 1.41. The molecule has 1 aliphatic heterocycles. The molecule has 1 saturated heterocycles. The van der Waals surface area contributed by atoms with E-state index in [1.807, 2.05) is 29.6 Å². The average Bonchev–Trinajstić information content (AvgIpc) is 3.44. The van der Waals surface area contributed by atoms with Gasteiger partial charge in [0.2, 0.25) is 0 Å². The van der Waals surface area contributed by atoms with Gasteiger partial charge in [-0.2, -0.15) is 9.06 Å². The number of thiophene rings is 1. The number of hydrogen-bond donors (Lipinski definition) is 0. The van der Waals surface area contributed by atoms with Crippen molar-refractivity contribution in [2.75, 3.05) is 20.2 Å². The SMILES string of the molecule is COc1ccc(-n2nc(C(=O)N3CCCCC3)c(=NC(=O)c3cccs3)s2)cc1. The second kappa shape index (κ2) is 8.71. The molecule has 1 aliphatic rings. The number of benzene rings is 1. The molecule has 4 rings (SSSR count). The predicted molar refractivity (Wildman–Crippen MR) is 112 cm³/mol. The molecule has 0 bridgehead atoms. The Kier molecular flexibility index (Phi) is 5.86. The van der Waals surface area contributed by atoms with Crippen molar-refractivity contribution in [1.82, 2.24) is 14.1 Å². The highest BCUT2D eigenvalue weighted by atomic mass is 32.1. The molecule has 7 nitrogen and oxygen atoms in total. The first kappa shape index (κ1) is 19.5. The number of rotatable bonds is 4. The van der Waals surface area contributed by atoms with Crippen molar-refractivity contribution < 1.29 is 14.3 Å². The van der Waals surface area contributed by atoms with Crippen LogP contribution in [-0.2, 0) is 0 Å². The van der Waals surface area contributed by atoms with Crippen molar-refractivity contribution in [2.24, 2.45) is 4.99 Å². The lowest BCUT2D eigenvalue weighted by molar-refractivity contribution is 0.0716. The molecule has 0 N–H and O–H groups in total. The van der Waals surface area contributed by atoms with Gasteiger partial charge in [0.05, 0.1) is 17.7 Å². The van der Waals surface area contributed by atoms with E-state index < -0.39 is 0 Å². The molecule has 3 heterocycles. The predicted octanol–water partition coefficient (Wildman–Crippen LogP) is 3.37. The molecule has 9 heteroatoms. The number of carbonyl (C=O) groups is 2. The van der Waals surface area contributed by atoms with Crippen LogP contribution in [-0.4, -0.2) is 46.1 Å². The second-order valence-electron chi connectivity index (χ2n) is 6.56. The molecule has 0 aliphatic carbocycles. The van der Waals surface area contributed by atoms with E-state index in [0.717, 1.165) is 30.7 Å². The Bertz CT molecular complexity index is 1060. The highest BCUT2D eigenvalue weighted by Gasteiger charge is 2.24. The minimum Gasteiger partial charge on any atom is -0.497 e. The Morgan fingerprint density at radius 2 is 1.86 bits per heavy atom. The number of ether oxygens (including phenoxy) is 1. The smallest absolute Gasteiger partial charge is 0.288 e. The van der Waals surface area contributed by atoms with E-state index in [-0.39, 0.29) is 17.5 Å². The highest BCUT2D eigenvalue weighted by molar-refractivity contribution is 7.12. The Labute approximate surface area is 176 Å². The fourth-order valence-corrected chi connectivity index (χ4v) is 4.56. The van der Waals surface area contributed by atoms with Gasteiger partial charge in [0.1, 0.15) is 5.75 Å². The molecular formula is C20H20N4O3S2. The third kappa shape index (κ3) is 4.30. The highest BCUT2D eigenvalue weighted by Crippen LogP contribution is 2.17. The van der Waals surface area contributed by atoms with Gasteiger partial charge in [-0.1, -0.05) is 6.07 Å². The lowest BCUT2D eigenvalue weighted by atomic mass is 10.1. The Balaban J connectivity index is 1.75. The van der Waals surface area contributed by atoms with Gasteiger partial charge >= 0.3 is 0 Å². The first-order chi connectivity index (χ1) is 14.2. The topological polar surface area (TPSA) is 76.8 Å². The molecule has 0 radical (unpaired) electrons. The van der Waals surface area contributed by atoms with Crippen molar-refractivity contribution in [3.05, 3.63) is 57.0 Å². The first-order valence-corrected chi connectivity index (χ1v) is 11.0. The van der Waals surface area contributed by atoms with Crippen LogP contribution in [0.3, 0.4) is 0 Å². The van der Waals surface area contributed by atoms with Gasteiger partial charge in [0.15, 0.2) is 10.4 Å². The monoisotopic (exact) mass is 428 g/mol. The summed E-state index contributed by atoms with van der Waals surface area (Å²) in [5, 5.41) is 6.33. The van der Waals surface area contributed by atoms with Gasteiger partial charge in [0.25, 0.3) is 11.8 Å². The number of nitrogens with zero attached hydrogens (tertiary/aromatic N) is 4. The lowest BCUT2D eigenvalue weighted by Crippen LogP contribution is -2.37. The molecule has 3 aromatic rings. The minimum absolute atomic E-state index is 0.175. The maximum Gasteiger partial charge on any atom is 0.288 e. The fourth-order valence-electron chi connectivity index (χ4n) is 3.10. The first-order valence-electron chi connectivity index (χ1n) is 9.32. The summed E-state index contributed by atoms with van der Waals surface area (Å²) in [6, 6.07) is 10.9. The molecule has 1 aromatic carbocycles. The third-order valence-electron chi connectivity index (χ3n) is 4.64. The largest absolute Gasteiger partial charge is 0.497 e. The summed E-state index contributed by atoms with van der Waals surface area (Å²) in [6.07, 6.45) is 3.09. The summed E-state index contributed by atoms with van der Waals surface area (Å²) in [4.78, 5) is 32.2. The van der Waals surface area contributed by atoms with Crippen LogP contribution in [0.1, 0.15) is 39.4 Å². The van der Waals surface area contributed by atoms with Crippen LogP contribution in [0.4, 0.5) is 0 Å². The fraction of sp³-hybridized carbons (Fsp3) is 0.300. The summed E-state index contributed by atoms with van der Waals surface area (Å²) in [5.74, 6) is 0.192. The zero-order valence-corrected chi connectivity index (χ0v) is 17.5. The molecule has 150 valence electrons. The number of amides is 2. The van der Waals surface area contributed by atoms with Crippen molar-refractivity contribution in [1.29, 1.82) is 0 Å². The van der Waals surface area contributed by atoms with Crippen LogP contribution in [0.5, 0.6) is 5.75 Å². The van der Waals surface area contributed by atoms with Gasteiger partial charge in [-0.15, -0.1) is 16.4 Å². The number of hydrogen-bond acceptors (Lipinski definition) is 6. The van der Waals surface area contributed by atoms with Gasteiger partial charge < -0.3 is 9.64 Å². The van der Waals surface area contributed by atoms with E-state index in [9.17, 15) is 9.59 Å². The standard InChI is InChI=1S/C20H20N4O3S2/c1-27-15-9-7-14(8-10-15)24-22-17(20(26)23-11-3-2-4-12-23)19(29-24)21-18(25)16-6-5-13-28-16/h5-10,13H,2-4,11-12H2,1H3. The third-order valence-corrected chi connectivity index (χ3v) is 6.42. The molecule has 0 saturated carbocycles. The molecule has 0 atom stereocenters. The van der Waals surface area contributed by atoms with E-state index in [1.54, 1.807) is 28.2 Å². The maximum atomic E-state index is 13.1. The summed E-state index contributed by atoms with van der Waals surface area (Å²) in [7, 11) is 1.61. The number of likely N-dealkylation sites (tertiary alicyclic amines) is 1. The number of methoxy groups -OCH3 is 1. The van der Waals surface area contributed by atoms with Crippen molar-refractivity contribution in [3.63, 3.8) is 0 Å². The van der Waals surface area contributed by atoms with E-state index in [1.165, 1.54) is 22.9 Å². The summed E-state index contributed by atoms with van der Waals surface area (Å²) in [5.41, 5.74) is 0.992. The number of piperidine rings is 1. The molecule has 1 fully saturated rings. The quantitative estimate of drug-likeness (QED) is 0.638. The normalized spacial score (nSPS) is 14.8. The zero-order chi connectivity index (χ0) is 20.2. The van der Waals surface area contributed by atoms with Gasteiger partial charge in [-0.05, 0) is 66.5 Å². The van der Waals surface area contributed by atoms with Crippen LogP contribution >= 0.6 is 22.9 Å². The van der Waals surface area contributed by atoms with Gasteiger partial charge in [-0.25, -0.2) is 0 Å². The van der Waals surface area contributed by atoms with E-state index >= 15 is 0 Å². The van der Waals surface area contributed by atoms with E-state index in [0.29, 0.717) is 22.6 Å². The Morgan fingerprint density at radius 3 is 2.52 bits per heavy atom. The van der Waals surface area contributed by atoms with Crippen molar-refractivity contribution in [2.45, 2.75) is 19.3 Å². The lowest BCUT2D eigenvalue weighted by Gasteiger charge is -2.25. The van der Waals surface area contributed by atoms with Crippen molar-refractivity contribution in [3.8, 4) is 11.4 Å². The Hall–Kier alpha value is -2.78. The number of carbonyl (C=O) groups excluding carboxylic acids is 2. The maximum absolute atomic E-state index is 13.1. The molecule has 0 spiro atoms. The molecule has 2 amide bonds. The molecule has 0 unspecified atom stereocenters. The van der Waals surface area contributed by atoms with Crippen molar-refractivity contribution >= 4 is 34.7 Å². The summed E-state index contributed by atoms with van der Waals surface area (Å²) < 4.78 is 7.15. The van der Waals surface area contributed by atoms with Crippen LogP contribution in [0, 0.1) is 0 Å². The second-order valence-corrected chi connectivity index (χ2v) is 8.43. The minimum atomic E-state index is -0.363. The Morgan fingerprint density at radius 1 is 1.10 bits per heavy atom. The summed E-state index contributed by atoms with van der Waals surface area (Å²) >= 11 is 2.50. The molecular weight excluding hydrogens is 408 g/mol. The van der Waals surface area contributed by atoms with Crippen LogP contribution in [0.2, 0.25) is 0 Å². The number of aromatic nitrogens is 2. The van der Waals surface area contributed by atoms with Crippen LogP contribution in [0.15, 0.2) is 46.8 Å². The van der Waals surface area contributed by atoms with Gasteiger partial charge in [0, 0.05) is 13.1 Å². The van der Waals surface area contributed by atoms with Gasteiger partial charge in [-0.3, -0.25) is 9.59 Å². The average molecular weight is 429 g/mol. The molecule has 2 aromatic heterocycles. The van der Waals surface area contributed by atoms with E-state index in [2.05, 4.69) is 10.1 Å². The molecule has 29 heavy (non-hydrogen) atoms. The van der Waals surface area contributed by atoms with E-state index in [4.69, 9.17) is 4.74 Å². The van der Waals surface area contributed by atoms with Crippen LogP contribution in [0.25, 0.3) is 5.69 Å².